The zero-order valence-corrected chi connectivity index (χ0v) is 11.8. The number of aromatic nitrogens is 1. The molecule has 0 aromatic carbocycles. The van der Waals surface area contributed by atoms with Gasteiger partial charge in [0.2, 0.25) is 0 Å². The summed E-state index contributed by atoms with van der Waals surface area (Å²) in [7, 11) is 0. The predicted octanol–water partition coefficient (Wildman–Crippen LogP) is 2.11. The first kappa shape index (κ1) is 13.1. The SMILES string of the molecule is CC(C)(C)c1csc(N2CC[C@@H](OC(N)=O)C2)n1. The Bertz CT molecular complexity index is 439. The second kappa shape index (κ2) is 4.76. The van der Waals surface area contributed by atoms with Crippen LogP contribution in [-0.2, 0) is 10.2 Å². The number of hydrogen-bond donors (Lipinski definition) is 1. The number of carbonyl (C=O) groups excluding carboxylic acids is 1. The molecule has 1 aromatic rings. The van der Waals surface area contributed by atoms with Crippen LogP contribution < -0.4 is 10.6 Å². The topological polar surface area (TPSA) is 68.5 Å². The van der Waals surface area contributed by atoms with Gasteiger partial charge in [0.15, 0.2) is 5.13 Å². The first-order valence-corrected chi connectivity index (χ1v) is 6.91. The van der Waals surface area contributed by atoms with Gasteiger partial charge in [0.1, 0.15) is 6.10 Å². The molecule has 18 heavy (non-hydrogen) atoms. The Morgan fingerprint density at radius 1 is 1.61 bits per heavy atom. The van der Waals surface area contributed by atoms with E-state index in [0.717, 1.165) is 23.8 Å². The number of nitrogens with two attached hydrogens (primary N) is 1. The van der Waals surface area contributed by atoms with Crippen LogP contribution >= 0.6 is 11.3 Å². The van der Waals surface area contributed by atoms with Crippen LogP contribution in [0.15, 0.2) is 5.38 Å². The van der Waals surface area contributed by atoms with Gasteiger partial charge < -0.3 is 15.4 Å². The van der Waals surface area contributed by atoms with Crippen LogP contribution in [0.5, 0.6) is 0 Å². The van der Waals surface area contributed by atoms with Crippen LogP contribution in [0, 0.1) is 0 Å². The number of carbonyl (C=O) groups is 1. The number of amides is 1. The highest BCUT2D eigenvalue weighted by Gasteiger charge is 2.28. The minimum absolute atomic E-state index is 0.0671. The molecule has 1 aliphatic heterocycles. The van der Waals surface area contributed by atoms with Crippen LogP contribution in [0.1, 0.15) is 32.9 Å². The summed E-state index contributed by atoms with van der Waals surface area (Å²) in [6.45, 7) is 7.98. The molecule has 1 fully saturated rings. The van der Waals surface area contributed by atoms with Crippen LogP contribution in [0.4, 0.5) is 9.93 Å². The van der Waals surface area contributed by atoms with Gasteiger partial charge in [-0.05, 0) is 0 Å². The first-order chi connectivity index (χ1) is 8.36. The summed E-state index contributed by atoms with van der Waals surface area (Å²) in [6, 6.07) is 0. The molecular formula is C12H19N3O2S. The van der Waals surface area contributed by atoms with Crippen LogP contribution in [-0.4, -0.2) is 30.3 Å². The fourth-order valence-corrected chi connectivity index (χ4v) is 3.01. The van der Waals surface area contributed by atoms with Crippen molar-refractivity contribution < 1.29 is 9.53 Å². The molecule has 1 aromatic heterocycles. The fourth-order valence-electron chi connectivity index (χ4n) is 1.92. The minimum Gasteiger partial charge on any atom is -0.444 e. The summed E-state index contributed by atoms with van der Waals surface area (Å²) in [5, 5.41) is 3.09. The molecule has 2 N–H and O–H groups in total. The molecule has 1 amide bonds. The Balaban J connectivity index is 2.01. The molecular weight excluding hydrogens is 250 g/mol. The molecule has 6 heteroatoms. The average molecular weight is 269 g/mol. The Labute approximate surface area is 111 Å². The van der Waals surface area contributed by atoms with Gasteiger partial charge in [-0.25, -0.2) is 9.78 Å². The quantitative estimate of drug-likeness (QED) is 0.893. The normalized spacial score (nSPS) is 20.2. The van der Waals surface area contributed by atoms with Gasteiger partial charge in [-0.1, -0.05) is 20.8 Å². The molecule has 0 unspecified atom stereocenters. The predicted molar refractivity (Wildman–Crippen MR) is 72.1 cm³/mol. The third kappa shape index (κ3) is 2.93. The maximum Gasteiger partial charge on any atom is 0.404 e. The third-order valence-electron chi connectivity index (χ3n) is 2.96. The van der Waals surface area contributed by atoms with Crippen molar-refractivity contribution in [2.75, 3.05) is 18.0 Å². The molecule has 1 saturated heterocycles. The summed E-state index contributed by atoms with van der Waals surface area (Å²) in [5.74, 6) is 0. The molecule has 0 aliphatic carbocycles. The molecule has 0 spiro atoms. The smallest absolute Gasteiger partial charge is 0.404 e. The maximum atomic E-state index is 10.7. The molecule has 1 aliphatic rings. The molecule has 2 rings (SSSR count). The highest BCUT2D eigenvalue weighted by atomic mass is 32.1. The summed E-state index contributed by atoms with van der Waals surface area (Å²) < 4.78 is 5.01. The Hall–Kier alpha value is -1.30. The first-order valence-electron chi connectivity index (χ1n) is 6.03. The van der Waals surface area contributed by atoms with E-state index in [-0.39, 0.29) is 11.5 Å². The van der Waals surface area contributed by atoms with E-state index in [1.54, 1.807) is 11.3 Å². The number of thiazole rings is 1. The van der Waals surface area contributed by atoms with Gasteiger partial charge in [0, 0.05) is 23.8 Å². The van der Waals surface area contributed by atoms with E-state index in [9.17, 15) is 4.79 Å². The summed E-state index contributed by atoms with van der Waals surface area (Å²) in [4.78, 5) is 17.5. The van der Waals surface area contributed by atoms with E-state index >= 15 is 0 Å². The van der Waals surface area contributed by atoms with Crippen LogP contribution in [0.2, 0.25) is 0 Å². The van der Waals surface area contributed by atoms with E-state index in [0.29, 0.717) is 6.54 Å². The van der Waals surface area contributed by atoms with E-state index in [1.165, 1.54) is 0 Å². The Kier molecular flexibility index (Phi) is 3.47. The lowest BCUT2D eigenvalue weighted by atomic mass is 9.93. The number of ether oxygens (including phenoxy) is 1. The lowest BCUT2D eigenvalue weighted by Crippen LogP contribution is -2.27. The van der Waals surface area contributed by atoms with Crippen molar-refractivity contribution >= 4 is 22.6 Å². The van der Waals surface area contributed by atoms with Crippen LogP contribution in [0.3, 0.4) is 0 Å². The summed E-state index contributed by atoms with van der Waals surface area (Å²) in [5.41, 5.74) is 6.19. The van der Waals surface area contributed by atoms with Crippen molar-refractivity contribution in [2.45, 2.75) is 38.7 Å². The zero-order valence-electron chi connectivity index (χ0n) is 11.0. The van der Waals surface area contributed by atoms with Crippen molar-refractivity contribution in [1.82, 2.24) is 4.98 Å². The minimum atomic E-state index is -0.698. The standard InChI is InChI=1S/C12H19N3O2S/c1-12(2,3)9-7-18-11(14-9)15-5-4-8(6-15)17-10(13)16/h7-8H,4-6H2,1-3H3,(H2,13,16)/t8-/m1/s1. The van der Waals surface area contributed by atoms with Crippen molar-refractivity contribution in [3.63, 3.8) is 0 Å². The van der Waals surface area contributed by atoms with Crippen molar-refractivity contribution in [2.24, 2.45) is 5.73 Å². The third-order valence-corrected chi connectivity index (χ3v) is 3.86. The van der Waals surface area contributed by atoms with Gasteiger partial charge in [-0.15, -0.1) is 11.3 Å². The molecule has 0 bridgehead atoms. The largest absolute Gasteiger partial charge is 0.444 e. The van der Waals surface area contributed by atoms with Crippen LogP contribution in [0.25, 0.3) is 0 Å². The number of nitrogens with zero attached hydrogens (tertiary/aromatic N) is 2. The average Bonchev–Trinajstić information content (AvgIpc) is 2.81. The number of rotatable bonds is 2. The van der Waals surface area contributed by atoms with E-state index in [2.05, 4.69) is 36.0 Å². The molecule has 0 radical (unpaired) electrons. The van der Waals surface area contributed by atoms with Gasteiger partial charge >= 0.3 is 6.09 Å². The Morgan fingerprint density at radius 3 is 2.89 bits per heavy atom. The van der Waals surface area contributed by atoms with Gasteiger partial charge in [0.25, 0.3) is 0 Å². The lowest BCUT2D eigenvalue weighted by molar-refractivity contribution is 0.117. The highest BCUT2D eigenvalue weighted by Crippen LogP contribution is 2.30. The van der Waals surface area contributed by atoms with Crippen molar-refractivity contribution in [3.8, 4) is 0 Å². The summed E-state index contributed by atoms with van der Waals surface area (Å²) in [6.07, 6.45) is 0.00811. The molecule has 2 heterocycles. The molecule has 100 valence electrons. The monoisotopic (exact) mass is 269 g/mol. The fraction of sp³-hybridized carbons (Fsp3) is 0.667. The maximum absolute atomic E-state index is 10.7. The van der Waals surface area contributed by atoms with Gasteiger partial charge in [0.05, 0.1) is 12.2 Å². The zero-order chi connectivity index (χ0) is 13.3. The second-order valence-corrected chi connectivity index (χ2v) is 6.40. The lowest BCUT2D eigenvalue weighted by Gasteiger charge is -2.16. The number of anilines is 1. The summed E-state index contributed by atoms with van der Waals surface area (Å²) >= 11 is 1.64. The van der Waals surface area contributed by atoms with E-state index < -0.39 is 6.09 Å². The van der Waals surface area contributed by atoms with Crippen molar-refractivity contribution in [1.29, 1.82) is 0 Å². The van der Waals surface area contributed by atoms with Crippen molar-refractivity contribution in [3.05, 3.63) is 11.1 Å². The number of hydrogen-bond acceptors (Lipinski definition) is 5. The van der Waals surface area contributed by atoms with E-state index in [4.69, 9.17) is 10.5 Å². The molecule has 5 nitrogen and oxygen atoms in total. The van der Waals surface area contributed by atoms with E-state index in [1.807, 2.05) is 0 Å². The van der Waals surface area contributed by atoms with Gasteiger partial charge in [-0.3, -0.25) is 0 Å². The number of primary amides is 1. The second-order valence-electron chi connectivity index (χ2n) is 5.56. The highest BCUT2D eigenvalue weighted by molar-refractivity contribution is 7.13. The molecule has 0 saturated carbocycles. The Morgan fingerprint density at radius 2 is 2.33 bits per heavy atom. The van der Waals surface area contributed by atoms with Gasteiger partial charge in [-0.2, -0.15) is 0 Å². The molecule has 1 atom stereocenters.